The number of benzene rings is 1. The van der Waals surface area contributed by atoms with Crippen LogP contribution >= 0.6 is 0 Å². The van der Waals surface area contributed by atoms with Crippen LogP contribution in [0.3, 0.4) is 0 Å². The van der Waals surface area contributed by atoms with Gasteiger partial charge in [0.05, 0.1) is 0 Å². The first-order valence-electron chi connectivity index (χ1n) is 8.06. The molecular formula is C18H28N2O2. The number of aryl methyl sites for hydroxylation is 2. The minimum Gasteiger partial charge on any atom is -0.342 e. The first kappa shape index (κ1) is 18.2. The number of nitrogens with zero attached hydrogens (tertiary/aromatic N) is 1. The molecule has 0 aliphatic rings. The van der Waals surface area contributed by atoms with Crippen molar-refractivity contribution in [2.45, 2.75) is 53.4 Å². The van der Waals surface area contributed by atoms with E-state index in [9.17, 15) is 9.59 Å². The van der Waals surface area contributed by atoms with Crippen molar-refractivity contribution < 1.29 is 9.59 Å². The molecule has 0 fully saturated rings. The molecule has 0 saturated carbocycles. The molecule has 1 aromatic rings. The van der Waals surface area contributed by atoms with Crippen molar-refractivity contribution in [2.75, 3.05) is 18.4 Å². The van der Waals surface area contributed by atoms with Gasteiger partial charge in [-0.15, -0.1) is 0 Å². The smallest absolute Gasteiger partial charge is 0.226 e. The van der Waals surface area contributed by atoms with Gasteiger partial charge in [0.2, 0.25) is 11.8 Å². The molecular weight excluding hydrogens is 276 g/mol. The molecule has 0 atom stereocenters. The van der Waals surface area contributed by atoms with Crippen LogP contribution in [0.25, 0.3) is 0 Å². The van der Waals surface area contributed by atoms with Gasteiger partial charge in [0.1, 0.15) is 0 Å². The van der Waals surface area contributed by atoms with E-state index >= 15 is 0 Å². The van der Waals surface area contributed by atoms with Crippen molar-refractivity contribution >= 4 is 17.5 Å². The highest BCUT2D eigenvalue weighted by Gasteiger charge is 2.11. The number of amides is 2. The molecule has 0 saturated heterocycles. The van der Waals surface area contributed by atoms with E-state index in [1.165, 1.54) is 5.56 Å². The summed E-state index contributed by atoms with van der Waals surface area (Å²) in [7, 11) is 0. The van der Waals surface area contributed by atoms with Gasteiger partial charge in [0.25, 0.3) is 0 Å². The van der Waals surface area contributed by atoms with Crippen molar-refractivity contribution in [3.05, 3.63) is 29.3 Å². The molecule has 0 aromatic heterocycles. The van der Waals surface area contributed by atoms with Gasteiger partial charge in [0, 0.05) is 32.1 Å². The van der Waals surface area contributed by atoms with Crippen molar-refractivity contribution in [1.29, 1.82) is 0 Å². The Morgan fingerprint density at radius 3 is 2.41 bits per heavy atom. The summed E-state index contributed by atoms with van der Waals surface area (Å²) >= 11 is 0. The van der Waals surface area contributed by atoms with Crippen molar-refractivity contribution in [2.24, 2.45) is 0 Å². The third kappa shape index (κ3) is 6.29. The van der Waals surface area contributed by atoms with Crippen molar-refractivity contribution in [3.63, 3.8) is 0 Å². The van der Waals surface area contributed by atoms with Gasteiger partial charge >= 0.3 is 0 Å². The normalized spacial score (nSPS) is 10.4. The topological polar surface area (TPSA) is 49.4 Å². The lowest BCUT2D eigenvalue weighted by Gasteiger charge is -2.20. The zero-order valence-electron chi connectivity index (χ0n) is 14.2. The maximum absolute atomic E-state index is 12.0. The molecule has 4 nitrogen and oxygen atoms in total. The Labute approximate surface area is 133 Å². The fourth-order valence-electron chi connectivity index (χ4n) is 2.26. The molecule has 1 N–H and O–H groups in total. The Kier molecular flexibility index (Phi) is 7.64. The summed E-state index contributed by atoms with van der Waals surface area (Å²) in [5, 5.41) is 2.89. The van der Waals surface area contributed by atoms with E-state index in [0.29, 0.717) is 13.0 Å². The van der Waals surface area contributed by atoms with Gasteiger partial charge in [-0.05, 0) is 43.5 Å². The lowest BCUT2D eigenvalue weighted by Crippen LogP contribution is -2.32. The average molecular weight is 304 g/mol. The number of anilines is 1. The summed E-state index contributed by atoms with van der Waals surface area (Å²) in [4.78, 5) is 25.4. The average Bonchev–Trinajstić information content (AvgIpc) is 2.46. The summed E-state index contributed by atoms with van der Waals surface area (Å²) in [5.74, 6) is -0.0138. The van der Waals surface area contributed by atoms with E-state index in [-0.39, 0.29) is 11.8 Å². The first-order valence-corrected chi connectivity index (χ1v) is 8.06. The van der Waals surface area contributed by atoms with Crippen molar-refractivity contribution in [1.82, 2.24) is 4.90 Å². The number of rotatable bonds is 8. The molecule has 0 aliphatic heterocycles. The number of carbonyl (C=O) groups excluding carboxylic acids is 2. The fraction of sp³-hybridized carbons (Fsp3) is 0.556. The molecule has 0 aliphatic carbocycles. The number of carbonyl (C=O) groups is 2. The second-order valence-corrected chi connectivity index (χ2v) is 5.81. The van der Waals surface area contributed by atoms with Gasteiger partial charge < -0.3 is 10.2 Å². The molecule has 2 amide bonds. The van der Waals surface area contributed by atoms with E-state index in [1.807, 2.05) is 32.0 Å². The van der Waals surface area contributed by atoms with Crippen LogP contribution < -0.4 is 5.32 Å². The largest absolute Gasteiger partial charge is 0.342 e. The molecule has 4 heteroatoms. The van der Waals surface area contributed by atoms with Crippen LogP contribution in [0.2, 0.25) is 0 Å². The highest BCUT2D eigenvalue weighted by molar-refractivity contribution is 5.91. The van der Waals surface area contributed by atoms with Crippen LogP contribution in [-0.2, 0) is 9.59 Å². The molecule has 0 spiro atoms. The summed E-state index contributed by atoms with van der Waals surface area (Å²) in [6, 6.07) is 5.87. The molecule has 0 bridgehead atoms. The molecule has 122 valence electrons. The number of unbranched alkanes of at least 4 members (excludes halogenated alkanes) is 2. The van der Waals surface area contributed by atoms with Crippen LogP contribution in [0.4, 0.5) is 5.69 Å². The molecule has 1 rings (SSSR count). The molecule has 1 aromatic carbocycles. The van der Waals surface area contributed by atoms with Crippen LogP contribution in [0, 0.1) is 13.8 Å². The number of hydrogen-bond acceptors (Lipinski definition) is 2. The summed E-state index contributed by atoms with van der Waals surface area (Å²) in [6.45, 7) is 8.98. The van der Waals surface area contributed by atoms with E-state index < -0.39 is 0 Å². The highest BCUT2D eigenvalue weighted by atomic mass is 16.2. The second kappa shape index (κ2) is 9.23. The lowest BCUT2D eigenvalue weighted by molar-refractivity contribution is -0.129. The molecule has 0 radical (unpaired) electrons. The maximum atomic E-state index is 12.0. The van der Waals surface area contributed by atoms with Crippen LogP contribution in [0.1, 0.15) is 50.7 Å². The summed E-state index contributed by atoms with van der Waals surface area (Å²) < 4.78 is 0. The minimum atomic E-state index is -0.0509. The van der Waals surface area contributed by atoms with Crippen LogP contribution in [-0.4, -0.2) is 29.8 Å². The maximum Gasteiger partial charge on any atom is 0.226 e. The fourth-order valence-corrected chi connectivity index (χ4v) is 2.26. The lowest BCUT2D eigenvalue weighted by atomic mass is 10.1. The van der Waals surface area contributed by atoms with E-state index in [2.05, 4.69) is 12.2 Å². The van der Waals surface area contributed by atoms with Crippen molar-refractivity contribution in [3.8, 4) is 0 Å². The van der Waals surface area contributed by atoms with E-state index in [1.54, 1.807) is 11.8 Å². The quantitative estimate of drug-likeness (QED) is 0.745. The van der Waals surface area contributed by atoms with Gasteiger partial charge in [-0.3, -0.25) is 9.59 Å². The summed E-state index contributed by atoms with van der Waals surface area (Å²) in [6.07, 6.45) is 3.56. The Morgan fingerprint density at radius 1 is 1.09 bits per heavy atom. The van der Waals surface area contributed by atoms with Gasteiger partial charge in [-0.1, -0.05) is 25.8 Å². The van der Waals surface area contributed by atoms with E-state index in [4.69, 9.17) is 0 Å². The van der Waals surface area contributed by atoms with Gasteiger partial charge in [-0.2, -0.15) is 0 Å². The molecule has 0 unspecified atom stereocenters. The Balaban J connectivity index is 2.45. The Bertz CT molecular complexity index is 512. The second-order valence-electron chi connectivity index (χ2n) is 5.81. The van der Waals surface area contributed by atoms with E-state index in [0.717, 1.165) is 37.1 Å². The molecule has 22 heavy (non-hydrogen) atoms. The third-order valence-corrected chi connectivity index (χ3v) is 3.88. The predicted molar refractivity (Wildman–Crippen MR) is 90.9 cm³/mol. The standard InChI is InChI=1S/C18H28N2O2/c1-5-6-7-11-20(16(4)21)12-10-18(22)19-17-9-8-14(2)15(3)13-17/h8-9,13H,5-7,10-12H2,1-4H3,(H,19,22). The number of nitrogens with one attached hydrogen (secondary N) is 1. The Morgan fingerprint density at radius 2 is 1.82 bits per heavy atom. The summed E-state index contributed by atoms with van der Waals surface area (Å²) in [5.41, 5.74) is 3.17. The van der Waals surface area contributed by atoms with Gasteiger partial charge in [-0.25, -0.2) is 0 Å². The van der Waals surface area contributed by atoms with Gasteiger partial charge in [0.15, 0.2) is 0 Å². The third-order valence-electron chi connectivity index (χ3n) is 3.88. The highest BCUT2D eigenvalue weighted by Crippen LogP contribution is 2.14. The molecule has 0 heterocycles. The minimum absolute atomic E-state index is 0.0371. The zero-order valence-corrected chi connectivity index (χ0v) is 14.2. The first-order chi connectivity index (χ1) is 10.4. The number of hydrogen-bond donors (Lipinski definition) is 1. The monoisotopic (exact) mass is 304 g/mol. The van der Waals surface area contributed by atoms with Crippen LogP contribution in [0.15, 0.2) is 18.2 Å². The SMILES string of the molecule is CCCCCN(CCC(=O)Nc1ccc(C)c(C)c1)C(C)=O. The predicted octanol–water partition coefficient (Wildman–Crippen LogP) is 3.67. The van der Waals surface area contributed by atoms with Crippen LogP contribution in [0.5, 0.6) is 0 Å². The Hall–Kier alpha value is -1.84. The zero-order chi connectivity index (χ0) is 16.5.